The van der Waals surface area contributed by atoms with Crippen molar-refractivity contribution in [1.29, 1.82) is 0 Å². The highest BCUT2D eigenvalue weighted by Gasteiger charge is 1.98. The van der Waals surface area contributed by atoms with Gasteiger partial charge in [-0.2, -0.15) is 0 Å². The van der Waals surface area contributed by atoms with Gasteiger partial charge in [-0.1, -0.05) is 24.7 Å². The molecule has 7 heteroatoms. The van der Waals surface area contributed by atoms with Crippen LogP contribution in [0.25, 0.3) is 0 Å². The van der Waals surface area contributed by atoms with Crippen molar-refractivity contribution in [3.8, 4) is 0 Å². The average Bonchev–Trinajstić information content (AvgIpc) is 2.89. The summed E-state index contributed by atoms with van der Waals surface area (Å²) in [5.74, 6) is 0. The second kappa shape index (κ2) is 13.0. The molecule has 0 unspecified atom stereocenters. The van der Waals surface area contributed by atoms with Gasteiger partial charge in [0.2, 0.25) is 0 Å². The Hall–Kier alpha value is -0.730. The number of unbranched alkanes of at least 4 members (excludes halogenated alkanes) is 1. The Morgan fingerprint density at radius 3 is 2.05 bits per heavy atom. The van der Waals surface area contributed by atoms with Crippen LogP contribution in [-0.2, 0) is 25.6 Å². The summed E-state index contributed by atoms with van der Waals surface area (Å²) in [4.78, 5) is 4.98. The Morgan fingerprint density at radius 2 is 1.52 bits per heavy atom. The van der Waals surface area contributed by atoms with E-state index >= 15 is 0 Å². The molecule has 0 radical (unpaired) electrons. The van der Waals surface area contributed by atoms with Crippen molar-refractivity contribution < 1.29 is 18.9 Å². The highest BCUT2D eigenvalue weighted by Crippen LogP contribution is 2.14. The van der Waals surface area contributed by atoms with Crippen LogP contribution in [0.1, 0.15) is 24.6 Å². The predicted octanol–water partition coefficient (Wildman–Crippen LogP) is 2.09. The first-order chi connectivity index (χ1) is 10.3. The number of aromatic nitrogens is 1. The van der Waals surface area contributed by atoms with Crippen LogP contribution in [0, 0.1) is 0 Å². The van der Waals surface area contributed by atoms with Crippen molar-refractivity contribution >= 4 is 16.5 Å². The number of rotatable bonds is 14. The monoisotopic (exact) mass is 318 g/mol. The lowest BCUT2D eigenvalue weighted by atomic mass is 10.4. The average molecular weight is 318 g/mol. The van der Waals surface area contributed by atoms with E-state index in [9.17, 15) is 0 Å². The summed E-state index contributed by atoms with van der Waals surface area (Å²) >= 11 is 1.44. The van der Waals surface area contributed by atoms with Gasteiger partial charge in [0, 0.05) is 12.8 Å². The molecule has 1 heterocycles. The van der Waals surface area contributed by atoms with E-state index in [0.29, 0.717) is 51.4 Å². The van der Waals surface area contributed by atoms with Crippen molar-refractivity contribution in [1.82, 2.24) is 4.98 Å². The first-order valence-corrected chi connectivity index (χ1v) is 8.15. The van der Waals surface area contributed by atoms with Gasteiger partial charge < -0.3 is 24.7 Å². The second-order valence-electron chi connectivity index (χ2n) is 4.41. The Bertz CT molecular complexity index is 349. The van der Waals surface area contributed by atoms with E-state index in [2.05, 4.69) is 11.9 Å². The van der Waals surface area contributed by atoms with E-state index in [1.54, 1.807) is 6.20 Å². The van der Waals surface area contributed by atoms with Gasteiger partial charge >= 0.3 is 0 Å². The van der Waals surface area contributed by atoms with Gasteiger partial charge in [0.1, 0.15) is 0 Å². The predicted molar refractivity (Wildman–Crippen MR) is 83.5 cm³/mol. The summed E-state index contributed by atoms with van der Waals surface area (Å²) in [7, 11) is 0. The third-order valence-corrected chi connectivity index (χ3v) is 3.37. The summed E-state index contributed by atoms with van der Waals surface area (Å²) in [5.41, 5.74) is 5.53. The van der Waals surface area contributed by atoms with Crippen LogP contribution in [-0.4, -0.2) is 51.2 Å². The normalized spacial score (nSPS) is 11.1. The van der Waals surface area contributed by atoms with Crippen molar-refractivity contribution in [2.24, 2.45) is 0 Å². The summed E-state index contributed by atoms with van der Waals surface area (Å²) in [6, 6.07) is 0. The van der Waals surface area contributed by atoms with E-state index < -0.39 is 0 Å². The van der Waals surface area contributed by atoms with Crippen LogP contribution in [0.2, 0.25) is 0 Å². The van der Waals surface area contributed by atoms with Crippen LogP contribution < -0.4 is 5.73 Å². The fraction of sp³-hybridized carbons (Fsp3) is 0.786. The molecule has 1 aromatic rings. The summed E-state index contributed by atoms with van der Waals surface area (Å²) in [5, 5.41) is 0.570. The van der Waals surface area contributed by atoms with Crippen LogP contribution in [0.3, 0.4) is 0 Å². The van der Waals surface area contributed by atoms with Gasteiger partial charge in [-0.25, -0.2) is 4.98 Å². The molecule has 0 fully saturated rings. The second-order valence-corrected chi connectivity index (χ2v) is 5.55. The quantitative estimate of drug-likeness (QED) is 0.529. The standard InChI is InChI=1S/C14H26N2O4S/c1-2-3-4-17-5-6-18-7-8-19-9-10-20-12-13-11-16-14(15)21-13/h11H,2-10,12H2,1H3,(H2,15,16). The molecular weight excluding hydrogens is 292 g/mol. The van der Waals surface area contributed by atoms with Gasteiger partial charge in [-0.15, -0.1) is 0 Å². The molecule has 0 saturated heterocycles. The minimum Gasteiger partial charge on any atom is -0.379 e. The zero-order valence-corrected chi connectivity index (χ0v) is 13.5. The number of nitrogens with two attached hydrogens (primary N) is 1. The Kier molecular flexibility index (Phi) is 11.3. The third kappa shape index (κ3) is 10.6. The van der Waals surface area contributed by atoms with Crippen LogP contribution in [0.5, 0.6) is 0 Å². The number of nitrogen functional groups attached to an aromatic ring is 1. The molecule has 0 atom stereocenters. The molecule has 21 heavy (non-hydrogen) atoms. The number of hydrogen-bond donors (Lipinski definition) is 1. The third-order valence-electron chi connectivity index (χ3n) is 2.57. The van der Waals surface area contributed by atoms with Crippen LogP contribution in [0.4, 0.5) is 5.13 Å². The van der Waals surface area contributed by atoms with Gasteiger partial charge in [-0.3, -0.25) is 0 Å². The number of hydrogen-bond acceptors (Lipinski definition) is 7. The molecule has 2 N–H and O–H groups in total. The summed E-state index contributed by atoms with van der Waals surface area (Å²) in [6.45, 7) is 7.05. The van der Waals surface area contributed by atoms with E-state index in [4.69, 9.17) is 24.7 Å². The van der Waals surface area contributed by atoms with Gasteiger partial charge in [0.05, 0.1) is 51.1 Å². The van der Waals surface area contributed by atoms with Crippen molar-refractivity contribution in [2.45, 2.75) is 26.4 Å². The molecule has 122 valence electrons. The van der Waals surface area contributed by atoms with E-state index in [-0.39, 0.29) is 0 Å². The molecule has 0 aliphatic heterocycles. The molecule has 0 spiro atoms. The lowest BCUT2D eigenvalue weighted by molar-refractivity contribution is -0.00405. The Morgan fingerprint density at radius 1 is 0.952 bits per heavy atom. The van der Waals surface area contributed by atoms with Crippen LogP contribution in [0.15, 0.2) is 6.20 Å². The molecule has 6 nitrogen and oxygen atoms in total. The maximum absolute atomic E-state index is 5.53. The number of anilines is 1. The van der Waals surface area contributed by atoms with Gasteiger partial charge in [0.15, 0.2) is 5.13 Å². The van der Waals surface area contributed by atoms with Gasteiger partial charge in [0.25, 0.3) is 0 Å². The maximum Gasteiger partial charge on any atom is 0.180 e. The fourth-order valence-electron chi connectivity index (χ4n) is 1.47. The molecule has 0 aromatic carbocycles. The van der Waals surface area contributed by atoms with E-state index in [1.165, 1.54) is 11.3 Å². The molecule has 1 aromatic heterocycles. The number of ether oxygens (including phenoxy) is 4. The SMILES string of the molecule is CCCCOCCOCCOCCOCc1cnc(N)s1. The molecule has 0 amide bonds. The smallest absolute Gasteiger partial charge is 0.180 e. The largest absolute Gasteiger partial charge is 0.379 e. The minimum atomic E-state index is 0.532. The molecule has 0 saturated carbocycles. The van der Waals surface area contributed by atoms with E-state index in [0.717, 1.165) is 24.3 Å². The zero-order valence-electron chi connectivity index (χ0n) is 12.7. The molecule has 0 aliphatic carbocycles. The lowest BCUT2D eigenvalue weighted by Crippen LogP contribution is -2.12. The topological polar surface area (TPSA) is 75.8 Å². The van der Waals surface area contributed by atoms with Crippen molar-refractivity contribution in [3.63, 3.8) is 0 Å². The van der Waals surface area contributed by atoms with Crippen LogP contribution >= 0.6 is 11.3 Å². The van der Waals surface area contributed by atoms with E-state index in [1.807, 2.05) is 0 Å². The highest BCUT2D eigenvalue weighted by atomic mass is 32.1. The summed E-state index contributed by atoms with van der Waals surface area (Å²) in [6.07, 6.45) is 4.00. The minimum absolute atomic E-state index is 0.532. The first-order valence-electron chi connectivity index (χ1n) is 7.34. The Labute approximate surface area is 130 Å². The molecule has 0 aliphatic rings. The van der Waals surface area contributed by atoms with Crippen molar-refractivity contribution in [2.75, 3.05) is 52.0 Å². The summed E-state index contributed by atoms with van der Waals surface area (Å²) < 4.78 is 21.6. The highest BCUT2D eigenvalue weighted by molar-refractivity contribution is 7.15. The number of nitrogens with zero attached hydrogens (tertiary/aromatic N) is 1. The molecule has 1 rings (SSSR count). The Balaban J connectivity index is 1.74. The molecular formula is C14H26N2O4S. The fourth-order valence-corrected chi connectivity index (χ4v) is 2.09. The zero-order chi connectivity index (χ0) is 15.2. The lowest BCUT2D eigenvalue weighted by Gasteiger charge is -2.07. The molecule has 0 bridgehead atoms. The maximum atomic E-state index is 5.53. The van der Waals surface area contributed by atoms with Crippen molar-refractivity contribution in [3.05, 3.63) is 11.1 Å². The van der Waals surface area contributed by atoms with Gasteiger partial charge in [-0.05, 0) is 6.42 Å². The first kappa shape index (κ1) is 18.3. The number of thiazole rings is 1.